The van der Waals surface area contributed by atoms with Gasteiger partial charge in [-0.05, 0) is 32.1 Å². The summed E-state index contributed by atoms with van der Waals surface area (Å²) in [4.78, 5) is 0. The van der Waals surface area contributed by atoms with E-state index in [1.54, 1.807) is 0 Å². The van der Waals surface area contributed by atoms with Gasteiger partial charge in [0, 0.05) is 12.1 Å². The highest BCUT2D eigenvalue weighted by Crippen LogP contribution is 2.14. The van der Waals surface area contributed by atoms with Crippen LogP contribution in [-0.2, 0) is 9.84 Å². The SMILES string of the molecule is CC(C)CCCC(C)NC1CCCS(=O)(=O)C1. The third-order valence-electron chi connectivity index (χ3n) is 3.40. The van der Waals surface area contributed by atoms with Gasteiger partial charge in [-0.25, -0.2) is 8.42 Å². The van der Waals surface area contributed by atoms with Crippen LogP contribution in [0.4, 0.5) is 0 Å². The van der Waals surface area contributed by atoms with Crippen molar-refractivity contribution in [2.24, 2.45) is 5.92 Å². The molecule has 2 atom stereocenters. The number of hydrogen-bond donors (Lipinski definition) is 1. The minimum atomic E-state index is -2.77. The van der Waals surface area contributed by atoms with E-state index in [-0.39, 0.29) is 6.04 Å². The molecule has 0 aliphatic carbocycles. The highest BCUT2D eigenvalue weighted by molar-refractivity contribution is 7.91. The standard InChI is InChI=1S/C13H27NO2S/c1-11(2)6-4-7-12(3)14-13-8-5-9-17(15,16)10-13/h11-14H,4-10H2,1-3H3. The Balaban J connectivity index is 2.24. The van der Waals surface area contributed by atoms with Crippen LogP contribution < -0.4 is 5.32 Å². The Kier molecular flexibility index (Phi) is 5.93. The molecule has 0 saturated carbocycles. The fraction of sp³-hybridized carbons (Fsp3) is 1.00. The lowest BCUT2D eigenvalue weighted by atomic mass is 10.0. The smallest absolute Gasteiger partial charge is 0.151 e. The van der Waals surface area contributed by atoms with Crippen LogP contribution in [0.15, 0.2) is 0 Å². The second kappa shape index (κ2) is 6.74. The van der Waals surface area contributed by atoms with Gasteiger partial charge >= 0.3 is 0 Å². The van der Waals surface area contributed by atoms with Crippen molar-refractivity contribution in [3.63, 3.8) is 0 Å². The van der Waals surface area contributed by atoms with E-state index in [0.29, 0.717) is 17.5 Å². The molecule has 1 fully saturated rings. The summed E-state index contributed by atoms with van der Waals surface area (Å²) in [5, 5.41) is 3.47. The Hall–Kier alpha value is -0.0900. The van der Waals surface area contributed by atoms with E-state index in [2.05, 4.69) is 26.1 Å². The maximum atomic E-state index is 11.5. The molecule has 0 aromatic heterocycles. The molecule has 0 bridgehead atoms. The number of nitrogens with one attached hydrogen (secondary N) is 1. The molecular weight excluding hydrogens is 234 g/mol. The van der Waals surface area contributed by atoms with Gasteiger partial charge in [-0.1, -0.05) is 26.7 Å². The third-order valence-corrected chi connectivity index (χ3v) is 5.22. The first-order valence-corrected chi connectivity index (χ1v) is 8.67. The highest BCUT2D eigenvalue weighted by Gasteiger charge is 2.25. The Labute approximate surface area is 106 Å². The minimum absolute atomic E-state index is 0.183. The Bertz CT molecular complexity index is 311. The molecule has 0 spiro atoms. The first-order valence-electron chi connectivity index (χ1n) is 6.85. The van der Waals surface area contributed by atoms with Crippen LogP contribution in [-0.4, -0.2) is 32.0 Å². The van der Waals surface area contributed by atoms with E-state index in [4.69, 9.17) is 0 Å². The van der Waals surface area contributed by atoms with Crippen molar-refractivity contribution in [3.8, 4) is 0 Å². The second-order valence-electron chi connectivity index (χ2n) is 5.85. The lowest BCUT2D eigenvalue weighted by Gasteiger charge is -2.26. The van der Waals surface area contributed by atoms with Gasteiger partial charge in [-0.15, -0.1) is 0 Å². The van der Waals surface area contributed by atoms with Gasteiger partial charge in [0.05, 0.1) is 11.5 Å². The number of rotatable bonds is 6. The Morgan fingerprint density at radius 2 is 1.94 bits per heavy atom. The number of sulfone groups is 1. The largest absolute Gasteiger partial charge is 0.310 e. The van der Waals surface area contributed by atoms with Gasteiger partial charge in [-0.2, -0.15) is 0 Å². The first kappa shape index (κ1) is 15.0. The van der Waals surface area contributed by atoms with Gasteiger partial charge in [-0.3, -0.25) is 0 Å². The van der Waals surface area contributed by atoms with E-state index in [0.717, 1.165) is 25.2 Å². The maximum absolute atomic E-state index is 11.5. The Morgan fingerprint density at radius 1 is 1.24 bits per heavy atom. The van der Waals surface area contributed by atoms with Crippen LogP contribution in [0.2, 0.25) is 0 Å². The molecule has 0 radical (unpaired) electrons. The molecule has 1 rings (SSSR count). The topological polar surface area (TPSA) is 46.2 Å². The molecule has 0 aromatic rings. The average molecular weight is 261 g/mol. The predicted molar refractivity (Wildman–Crippen MR) is 73.0 cm³/mol. The molecule has 1 saturated heterocycles. The molecule has 3 nitrogen and oxygen atoms in total. The highest BCUT2D eigenvalue weighted by atomic mass is 32.2. The lowest BCUT2D eigenvalue weighted by molar-refractivity contribution is 0.397. The summed E-state index contributed by atoms with van der Waals surface area (Å²) in [6.07, 6.45) is 5.46. The molecule has 17 heavy (non-hydrogen) atoms. The molecule has 102 valence electrons. The minimum Gasteiger partial charge on any atom is -0.310 e. The summed E-state index contributed by atoms with van der Waals surface area (Å²) in [6, 6.07) is 0.620. The summed E-state index contributed by atoms with van der Waals surface area (Å²) < 4.78 is 23.0. The van der Waals surface area contributed by atoms with Gasteiger partial charge < -0.3 is 5.32 Å². The van der Waals surface area contributed by atoms with Gasteiger partial charge in [0.15, 0.2) is 9.84 Å². The monoisotopic (exact) mass is 261 g/mol. The zero-order valence-corrected chi connectivity index (χ0v) is 12.2. The van der Waals surface area contributed by atoms with Crippen LogP contribution in [0.3, 0.4) is 0 Å². The van der Waals surface area contributed by atoms with E-state index in [9.17, 15) is 8.42 Å². The average Bonchev–Trinajstić information content (AvgIpc) is 2.14. The molecule has 1 heterocycles. The van der Waals surface area contributed by atoms with Crippen molar-refractivity contribution in [3.05, 3.63) is 0 Å². The fourth-order valence-electron chi connectivity index (χ4n) is 2.47. The van der Waals surface area contributed by atoms with E-state index < -0.39 is 9.84 Å². The second-order valence-corrected chi connectivity index (χ2v) is 8.07. The quantitative estimate of drug-likeness (QED) is 0.798. The van der Waals surface area contributed by atoms with Crippen molar-refractivity contribution in [2.45, 2.75) is 65.0 Å². The zero-order valence-electron chi connectivity index (χ0n) is 11.4. The molecule has 0 aromatic carbocycles. The van der Waals surface area contributed by atoms with Crippen molar-refractivity contribution >= 4 is 9.84 Å². The molecule has 1 N–H and O–H groups in total. The van der Waals surface area contributed by atoms with Crippen molar-refractivity contribution in [2.75, 3.05) is 11.5 Å². The summed E-state index contributed by atoms with van der Waals surface area (Å²) in [5.41, 5.74) is 0. The maximum Gasteiger partial charge on any atom is 0.151 e. The summed E-state index contributed by atoms with van der Waals surface area (Å²) in [5.74, 6) is 1.48. The van der Waals surface area contributed by atoms with E-state index in [1.807, 2.05) is 0 Å². The summed E-state index contributed by atoms with van der Waals surface area (Å²) in [7, 11) is -2.77. The number of hydrogen-bond acceptors (Lipinski definition) is 3. The van der Waals surface area contributed by atoms with Crippen LogP contribution in [0.5, 0.6) is 0 Å². The van der Waals surface area contributed by atoms with Crippen molar-refractivity contribution in [1.29, 1.82) is 0 Å². The molecular formula is C13H27NO2S. The molecule has 2 unspecified atom stereocenters. The fourth-order valence-corrected chi connectivity index (χ4v) is 4.12. The van der Waals surface area contributed by atoms with Crippen molar-refractivity contribution in [1.82, 2.24) is 5.32 Å². The Morgan fingerprint density at radius 3 is 2.53 bits per heavy atom. The molecule has 1 aliphatic rings. The van der Waals surface area contributed by atoms with Gasteiger partial charge in [0.25, 0.3) is 0 Å². The van der Waals surface area contributed by atoms with Crippen LogP contribution >= 0.6 is 0 Å². The summed E-state index contributed by atoms with van der Waals surface area (Å²) >= 11 is 0. The first-order chi connectivity index (χ1) is 7.89. The third kappa shape index (κ3) is 6.41. The summed E-state index contributed by atoms with van der Waals surface area (Å²) in [6.45, 7) is 6.65. The zero-order chi connectivity index (χ0) is 12.9. The van der Waals surface area contributed by atoms with Crippen molar-refractivity contribution < 1.29 is 8.42 Å². The van der Waals surface area contributed by atoms with E-state index >= 15 is 0 Å². The van der Waals surface area contributed by atoms with E-state index in [1.165, 1.54) is 12.8 Å². The van der Waals surface area contributed by atoms with Gasteiger partial charge in [0.2, 0.25) is 0 Å². The predicted octanol–water partition coefficient (Wildman–Crippen LogP) is 2.37. The normalized spacial score (nSPS) is 26.0. The molecule has 4 heteroatoms. The lowest BCUT2D eigenvalue weighted by Crippen LogP contribution is -2.44. The molecule has 1 aliphatic heterocycles. The van der Waals surface area contributed by atoms with Crippen LogP contribution in [0, 0.1) is 5.92 Å². The van der Waals surface area contributed by atoms with Crippen LogP contribution in [0.1, 0.15) is 52.9 Å². The van der Waals surface area contributed by atoms with Gasteiger partial charge in [0.1, 0.15) is 0 Å². The molecule has 0 amide bonds. The van der Waals surface area contributed by atoms with Crippen LogP contribution in [0.25, 0.3) is 0 Å².